The lowest BCUT2D eigenvalue weighted by atomic mass is 9.99. The zero-order valence-electron chi connectivity index (χ0n) is 19.0. The van der Waals surface area contributed by atoms with Crippen molar-refractivity contribution in [3.63, 3.8) is 0 Å². The average Bonchev–Trinajstić information content (AvgIpc) is 2.88. The fourth-order valence-corrected chi connectivity index (χ4v) is 3.76. The lowest BCUT2D eigenvalue weighted by Crippen LogP contribution is -2.11. The topological polar surface area (TPSA) is 55.8 Å². The molecule has 1 unspecified atom stereocenters. The van der Waals surface area contributed by atoms with Gasteiger partial charge in [0.25, 0.3) is 0 Å². The van der Waals surface area contributed by atoms with E-state index in [4.69, 9.17) is 9.47 Å². The molecule has 4 nitrogen and oxygen atoms in total. The smallest absolute Gasteiger partial charge is 0.140 e. The van der Waals surface area contributed by atoms with Gasteiger partial charge < -0.3 is 14.6 Å². The van der Waals surface area contributed by atoms with Crippen LogP contribution in [0.4, 0.5) is 0 Å². The molecule has 0 saturated heterocycles. The van der Waals surface area contributed by atoms with Gasteiger partial charge in [-0.2, -0.15) is 0 Å². The number of Topliss-reactive ketones (excluding diaryl/α,β-unsaturated/α-hetero) is 1. The predicted octanol–water partition coefficient (Wildman–Crippen LogP) is 6.08. The van der Waals surface area contributed by atoms with Crippen LogP contribution in [0.2, 0.25) is 0 Å². The van der Waals surface area contributed by atoms with Crippen LogP contribution < -0.4 is 9.47 Å². The maximum absolute atomic E-state index is 12.9. The average molecular weight is 453 g/mol. The molecule has 0 spiro atoms. The van der Waals surface area contributed by atoms with Crippen molar-refractivity contribution in [2.24, 2.45) is 0 Å². The van der Waals surface area contributed by atoms with Gasteiger partial charge in [0.15, 0.2) is 0 Å². The second-order valence-electron chi connectivity index (χ2n) is 8.13. The molecule has 0 aliphatic rings. The number of hydrogen-bond donors (Lipinski definition) is 1. The maximum Gasteiger partial charge on any atom is 0.140 e. The van der Waals surface area contributed by atoms with Gasteiger partial charge in [-0.05, 0) is 23.3 Å². The van der Waals surface area contributed by atoms with Crippen LogP contribution in [0.15, 0.2) is 109 Å². The third-order valence-electron chi connectivity index (χ3n) is 5.53. The highest BCUT2D eigenvalue weighted by Gasteiger charge is 2.18. The van der Waals surface area contributed by atoms with Gasteiger partial charge in [-0.25, -0.2) is 0 Å². The number of para-hydroxylation sites is 2. The van der Waals surface area contributed by atoms with Gasteiger partial charge in [0.05, 0.1) is 6.10 Å². The van der Waals surface area contributed by atoms with Crippen molar-refractivity contribution < 1.29 is 19.4 Å². The van der Waals surface area contributed by atoms with E-state index >= 15 is 0 Å². The van der Waals surface area contributed by atoms with E-state index in [2.05, 4.69) is 0 Å². The minimum Gasteiger partial charge on any atom is -0.489 e. The number of aliphatic hydroxyl groups is 1. The summed E-state index contributed by atoms with van der Waals surface area (Å²) in [6.07, 6.45) is -0.759. The van der Waals surface area contributed by atoms with E-state index < -0.39 is 6.10 Å². The third-order valence-corrected chi connectivity index (χ3v) is 5.53. The molecule has 0 heterocycles. The minimum absolute atomic E-state index is 0.00126. The number of rotatable bonds is 11. The molecular weight excluding hydrogens is 424 g/mol. The van der Waals surface area contributed by atoms with Gasteiger partial charge in [-0.1, -0.05) is 97.1 Å². The summed E-state index contributed by atoms with van der Waals surface area (Å²) in [5.74, 6) is 1.19. The normalized spacial score (nSPS) is 11.6. The lowest BCUT2D eigenvalue weighted by molar-refractivity contribution is -0.120. The van der Waals surface area contributed by atoms with E-state index in [-0.39, 0.29) is 18.6 Å². The Labute approximate surface area is 200 Å². The first kappa shape index (κ1) is 23.3. The minimum atomic E-state index is -0.947. The molecule has 0 amide bonds. The molecule has 0 aromatic heterocycles. The largest absolute Gasteiger partial charge is 0.489 e. The molecule has 1 atom stereocenters. The SMILES string of the molecule is O=C(Cc1ccccc1OCc1ccccc1)CC(O)c1ccccc1OCc1ccccc1. The molecule has 0 aliphatic heterocycles. The van der Waals surface area contributed by atoms with Crippen LogP contribution in [-0.2, 0) is 24.4 Å². The van der Waals surface area contributed by atoms with Crippen molar-refractivity contribution >= 4 is 5.78 Å². The van der Waals surface area contributed by atoms with Gasteiger partial charge in [-0.3, -0.25) is 4.79 Å². The first-order chi connectivity index (χ1) is 16.7. The molecule has 0 bridgehead atoms. The van der Waals surface area contributed by atoms with Crippen LogP contribution in [-0.4, -0.2) is 10.9 Å². The molecule has 0 aliphatic carbocycles. The number of aliphatic hydroxyl groups excluding tert-OH is 1. The summed E-state index contributed by atoms with van der Waals surface area (Å²) in [7, 11) is 0. The summed E-state index contributed by atoms with van der Waals surface area (Å²) in [5, 5.41) is 10.8. The molecular formula is C30H28O4. The van der Waals surface area contributed by atoms with Crippen molar-refractivity contribution in [1.29, 1.82) is 0 Å². The van der Waals surface area contributed by atoms with Gasteiger partial charge in [-0.15, -0.1) is 0 Å². The molecule has 0 fully saturated rings. The van der Waals surface area contributed by atoms with Gasteiger partial charge in [0.2, 0.25) is 0 Å². The molecule has 4 aromatic rings. The van der Waals surface area contributed by atoms with Crippen molar-refractivity contribution in [3.05, 3.63) is 131 Å². The van der Waals surface area contributed by atoms with E-state index in [0.717, 1.165) is 16.7 Å². The van der Waals surface area contributed by atoms with E-state index in [0.29, 0.717) is 30.3 Å². The Hall–Kier alpha value is -3.89. The van der Waals surface area contributed by atoms with Crippen LogP contribution in [0.1, 0.15) is 34.8 Å². The molecule has 0 radical (unpaired) electrons. The molecule has 4 aromatic carbocycles. The highest BCUT2D eigenvalue weighted by atomic mass is 16.5. The fourth-order valence-electron chi connectivity index (χ4n) is 3.76. The Morgan fingerprint density at radius 1 is 0.647 bits per heavy atom. The summed E-state index contributed by atoms with van der Waals surface area (Å²) in [4.78, 5) is 12.9. The summed E-state index contributed by atoms with van der Waals surface area (Å²) >= 11 is 0. The number of ketones is 1. The number of carbonyl (C=O) groups is 1. The van der Waals surface area contributed by atoms with Gasteiger partial charge >= 0.3 is 0 Å². The quantitative estimate of drug-likeness (QED) is 0.300. The second-order valence-corrected chi connectivity index (χ2v) is 8.13. The fraction of sp³-hybridized carbons (Fsp3) is 0.167. The predicted molar refractivity (Wildman–Crippen MR) is 133 cm³/mol. The van der Waals surface area contributed by atoms with Crippen molar-refractivity contribution in [2.45, 2.75) is 32.2 Å². The van der Waals surface area contributed by atoms with Gasteiger partial charge in [0, 0.05) is 24.0 Å². The number of ether oxygens (including phenoxy) is 2. The highest BCUT2D eigenvalue weighted by molar-refractivity contribution is 5.82. The van der Waals surface area contributed by atoms with E-state index in [1.807, 2.05) is 103 Å². The summed E-state index contributed by atoms with van der Waals surface area (Å²) < 4.78 is 11.9. The zero-order chi connectivity index (χ0) is 23.6. The molecule has 172 valence electrons. The first-order valence-electron chi connectivity index (χ1n) is 11.4. The van der Waals surface area contributed by atoms with Crippen molar-refractivity contribution in [1.82, 2.24) is 0 Å². The molecule has 0 saturated carbocycles. The Bertz CT molecular complexity index is 1190. The van der Waals surface area contributed by atoms with Crippen LogP contribution in [0.3, 0.4) is 0 Å². The lowest BCUT2D eigenvalue weighted by Gasteiger charge is -2.16. The Balaban J connectivity index is 1.37. The van der Waals surface area contributed by atoms with Crippen LogP contribution >= 0.6 is 0 Å². The van der Waals surface area contributed by atoms with Crippen LogP contribution in [0, 0.1) is 0 Å². The number of hydrogen-bond acceptors (Lipinski definition) is 4. The third kappa shape index (κ3) is 6.56. The Morgan fingerprint density at radius 3 is 1.79 bits per heavy atom. The van der Waals surface area contributed by atoms with Gasteiger partial charge in [0.1, 0.15) is 30.5 Å². The molecule has 1 N–H and O–H groups in total. The van der Waals surface area contributed by atoms with Crippen molar-refractivity contribution in [2.75, 3.05) is 0 Å². The first-order valence-corrected chi connectivity index (χ1v) is 11.4. The molecule has 34 heavy (non-hydrogen) atoms. The highest BCUT2D eigenvalue weighted by Crippen LogP contribution is 2.29. The maximum atomic E-state index is 12.9. The second kappa shape index (κ2) is 11.8. The number of benzene rings is 4. The Kier molecular flexibility index (Phi) is 8.09. The summed E-state index contributed by atoms with van der Waals surface area (Å²) in [6.45, 7) is 0.825. The Morgan fingerprint density at radius 2 is 1.15 bits per heavy atom. The summed E-state index contributed by atoms with van der Waals surface area (Å²) in [6, 6.07) is 34.6. The molecule has 4 heteroatoms. The van der Waals surface area contributed by atoms with E-state index in [1.165, 1.54) is 0 Å². The monoisotopic (exact) mass is 452 g/mol. The number of carbonyl (C=O) groups excluding carboxylic acids is 1. The van der Waals surface area contributed by atoms with Crippen LogP contribution in [0.25, 0.3) is 0 Å². The zero-order valence-corrected chi connectivity index (χ0v) is 19.0. The van der Waals surface area contributed by atoms with E-state index in [1.54, 1.807) is 6.07 Å². The standard InChI is InChI=1S/C30H28O4/c31-26(19-25-15-7-9-17-29(25)33-21-23-11-3-1-4-12-23)20-28(32)27-16-8-10-18-30(27)34-22-24-13-5-2-6-14-24/h1-18,28,32H,19-22H2. The summed E-state index contributed by atoms with van der Waals surface area (Å²) in [5.41, 5.74) is 3.52. The van der Waals surface area contributed by atoms with Crippen molar-refractivity contribution in [3.8, 4) is 11.5 Å². The van der Waals surface area contributed by atoms with E-state index in [9.17, 15) is 9.90 Å². The van der Waals surface area contributed by atoms with Crippen LogP contribution in [0.5, 0.6) is 11.5 Å². The molecule has 4 rings (SSSR count).